The Balaban J connectivity index is 1.65. The third-order valence-electron chi connectivity index (χ3n) is 3.39. The number of rotatable bonds is 4. The monoisotopic (exact) mass is 419 g/mol. The number of amides is 1. The van der Waals surface area contributed by atoms with Crippen LogP contribution in [0.15, 0.2) is 41.3 Å². The molecular formula is C17H18BrN5OS. The highest BCUT2D eigenvalue weighted by molar-refractivity contribution is 9.10. The van der Waals surface area contributed by atoms with E-state index in [2.05, 4.69) is 57.1 Å². The number of hydrogen-bond donors (Lipinski definition) is 1. The molecule has 0 saturated heterocycles. The summed E-state index contributed by atoms with van der Waals surface area (Å²) >= 11 is 4.80. The Bertz CT molecular complexity index is 879. The maximum atomic E-state index is 12.3. The van der Waals surface area contributed by atoms with Gasteiger partial charge in [0.15, 0.2) is 0 Å². The first kappa shape index (κ1) is 17.8. The van der Waals surface area contributed by atoms with Gasteiger partial charge in [0.1, 0.15) is 11.2 Å². The van der Waals surface area contributed by atoms with E-state index in [-0.39, 0.29) is 17.3 Å². The maximum absolute atomic E-state index is 12.3. The molecule has 2 heterocycles. The van der Waals surface area contributed by atoms with Gasteiger partial charge in [-0.15, -0.1) is 16.4 Å². The average Bonchev–Trinajstić information content (AvgIpc) is 3.19. The van der Waals surface area contributed by atoms with Gasteiger partial charge in [-0.25, -0.2) is 14.6 Å². The van der Waals surface area contributed by atoms with Crippen molar-refractivity contribution < 1.29 is 4.79 Å². The smallest absolute Gasteiger partial charge is 0.269 e. The van der Waals surface area contributed by atoms with E-state index in [0.717, 1.165) is 15.0 Å². The molecule has 0 unspecified atom stereocenters. The summed E-state index contributed by atoms with van der Waals surface area (Å²) in [6, 6.07) is 7.97. The number of nitrogens with one attached hydrogen (secondary N) is 1. The van der Waals surface area contributed by atoms with Gasteiger partial charge < -0.3 is 0 Å². The van der Waals surface area contributed by atoms with Crippen LogP contribution in [0.5, 0.6) is 0 Å². The highest BCUT2D eigenvalue weighted by atomic mass is 79.9. The number of halogens is 1. The number of benzene rings is 1. The molecule has 8 heteroatoms. The van der Waals surface area contributed by atoms with E-state index in [9.17, 15) is 4.79 Å². The van der Waals surface area contributed by atoms with Crippen LogP contribution in [0.3, 0.4) is 0 Å². The lowest BCUT2D eigenvalue weighted by molar-refractivity contribution is 0.102. The van der Waals surface area contributed by atoms with Gasteiger partial charge in [0.25, 0.3) is 5.91 Å². The van der Waals surface area contributed by atoms with Crippen molar-refractivity contribution in [2.45, 2.75) is 32.7 Å². The van der Waals surface area contributed by atoms with Crippen LogP contribution >= 0.6 is 27.3 Å². The normalized spacial score (nSPS) is 11.5. The van der Waals surface area contributed by atoms with Crippen LogP contribution in [0.25, 0.3) is 0 Å². The lowest BCUT2D eigenvalue weighted by Gasteiger charge is -2.13. The molecule has 1 aromatic carbocycles. The summed E-state index contributed by atoms with van der Waals surface area (Å²) in [7, 11) is 0. The van der Waals surface area contributed by atoms with E-state index >= 15 is 0 Å². The van der Waals surface area contributed by atoms with Gasteiger partial charge in [-0.1, -0.05) is 48.8 Å². The molecule has 2 aromatic heterocycles. The second-order valence-corrected chi connectivity index (χ2v) is 8.57. The third-order valence-corrected chi connectivity index (χ3v) is 5.34. The van der Waals surface area contributed by atoms with Gasteiger partial charge in [-0.05, 0) is 17.7 Å². The second-order valence-electron chi connectivity index (χ2n) is 6.63. The van der Waals surface area contributed by atoms with E-state index in [1.54, 1.807) is 17.2 Å². The first-order valence-electron chi connectivity index (χ1n) is 7.73. The van der Waals surface area contributed by atoms with E-state index in [1.807, 2.05) is 24.3 Å². The minimum absolute atomic E-state index is 0.0757. The van der Waals surface area contributed by atoms with E-state index in [0.29, 0.717) is 11.4 Å². The van der Waals surface area contributed by atoms with Gasteiger partial charge in [0.05, 0.1) is 17.7 Å². The number of aromatic nitrogens is 4. The Morgan fingerprint density at radius 2 is 1.96 bits per heavy atom. The van der Waals surface area contributed by atoms with Crippen LogP contribution in [0.1, 0.15) is 41.0 Å². The molecule has 25 heavy (non-hydrogen) atoms. The molecule has 3 aromatic rings. The zero-order valence-electron chi connectivity index (χ0n) is 14.2. The minimum atomic E-state index is -0.241. The Kier molecular flexibility index (Phi) is 5.01. The van der Waals surface area contributed by atoms with Crippen molar-refractivity contribution in [2.24, 2.45) is 0 Å². The minimum Gasteiger partial charge on any atom is -0.288 e. The fourth-order valence-corrected chi connectivity index (χ4v) is 3.23. The summed E-state index contributed by atoms with van der Waals surface area (Å²) in [4.78, 5) is 21.3. The highest BCUT2D eigenvalue weighted by Gasteiger charge is 2.20. The molecule has 0 aliphatic carbocycles. The standard InChI is InChI=1S/C17H18BrN5OS/c1-17(2,3)15-19-8-13(25-15)14(24)21-16-20-10-23(22-16)9-11-4-6-12(18)7-5-11/h4-8,10H,9H2,1-3H3,(H,21,22,24). The van der Waals surface area contributed by atoms with Crippen molar-refractivity contribution in [2.75, 3.05) is 5.32 Å². The number of carbonyl (C=O) groups excluding carboxylic acids is 1. The van der Waals surface area contributed by atoms with E-state index in [4.69, 9.17) is 0 Å². The summed E-state index contributed by atoms with van der Waals surface area (Å²) in [6.07, 6.45) is 3.20. The van der Waals surface area contributed by atoms with Crippen LogP contribution in [-0.4, -0.2) is 25.7 Å². The van der Waals surface area contributed by atoms with Crippen LogP contribution in [0.2, 0.25) is 0 Å². The summed E-state index contributed by atoms with van der Waals surface area (Å²) in [5.74, 6) is 0.0437. The first-order valence-corrected chi connectivity index (χ1v) is 9.34. The van der Waals surface area contributed by atoms with Crippen molar-refractivity contribution in [3.63, 3.8) is 0 Å². The summed E-state index contributed by atoms with van der Waals surface area (Å²) in [5, 5.41) is 7.94. The molecule has 1 amide bonds. The van der Waals surface area contributed by atoms with Crippen LogP contribution in [-0.2, 0) is 12.0 Å². The third kappa shape index (κ3) is 4.52. The molecule has 130 valence electrons. The number of hydrogen-bond acceptors (Lipinski definition) is 5. The molecule has 0 saturated carbocycles. The van der Waals surface area contributed by atoms with Gasteiger partial charge in [0, 0.05) is 9.89 Å². The Morgan fingerprint density at radius 3 is 2.60 bits per heavy atom. The van der Waals surface area contributed by atoms with Crippen LogP contribution in [0, 0.1) is 0 Å². The zero-order chi connectivity index (χ0) is 18.0. The number of thiazole rings is 1. The number of carbonyl (C=O) groups is 1. The fraction of sp³-hybridized carbons (Fsp3) is 0.294. The summed E-state index contributed by atoms with van der Waals surface area (Å²) in [5.41, 5.74) is 1.02. The lowest BCUT2D eigenvalue weighted by Crippen LogP contribution is -2.12. The topological polar surface area (TPSA) is 72.7 Å². The molecular weight excluding hydrogens is 402 g/mol. The van der Waals surface area contributed by atoms with Crippen LogP contribution < -0.4 is 5.32 Å². The molecule has 0 fully saturated rings. The number of nitrogens with zero attached hydrogens (tertiary/aromatic N) is 4. The molecule has 1 N–H and O–H groups in total. The van der Waals surface area contributed by atoms with Gasteiger partial charge in [0.2, 0.25) is 5.95 Å². The predicted octanol–water partition coefficient (Wildman–Crippen LogP) is 4.10. The van der Waals surface area contributed by atoms with Crippen molar-refractivity contribution in [1.29, 1.82) is 0 Å². The highest BCUT2D eigenvalue weighted by Crippen LogP contribution is 2.27. The van der Waals surface area contributed by atoms with Gasteiger partial charge >= 0.3 is 0 Å². The fourth-order valence-electron chi connectivity index (χ4n) is 2.09. The molecule has 0 aliphatic heterocycles. The first-order chi connectivity index (χ1) is 11.8. The van der Waals surface area contributed by atoms with Crippen molar-refractivity contribution >= 4 is 39.1 Å². The average molecular weight is 420 g/mol. The Labute approximate surface area is 158 Å². The molecule has 0 spiro atoms. The molecule has 0 atom stereocenters. The van der Waals surface area contributed by atoms with E-state index in [1.165, 1.54) is 11.3 Å². The quantitative estimate of drug-likeness (QED) is 0.690. The second kappa shape index (κ2) is 7.05. The molecule has 3 rings (SSSR count). The molecule has 6 nitrogen and oxygen atoms in total. The maximum Gasteiger partial charge on any atom is 0.269 e. The predicted molar refractivity (Wildman–Crippen MR) is 102 cm³/mol. The Hall–Kier alpha value is -2.06. The Morgan fingerprint density at radius 1 is 1.24 bits per heavy atom. The molecule has 0 aliphatic rings. The van der Waals surface area contributed by atoms with Crippen LogP contribution in [0.4, 0.5) is 5.95 Å². The molecule has 0 radical (unpaired) electrons. The van der Waals surface area contributed by atoms with Crippen molar-refractivity contribution in [1.82, 2.24) is 19.7 Å². The van der Waals surface area contributed by atoms with Crippen molar-refractivity contribution in [3.05, 3.63) is 56.7 Å². The number of anilines is 1. The van der Waals surface area contributed by atoms with Crippen molar-refractivity contribution in [3.8, 4) is 0 Å². The summed E-state index contributed by atoms with van der Waals surface area (Å²) in [6.45, 7) is 6.79. The van der Waals surface area contributed by atoms with E-state index < -0.39 is 0 Å². The largest absolute Gasteiger partial charge is 0.288 e. The lowest BCUT2D eigenvalue weighted by atomic mass is 9.98. The molecule has 0 bridgehead atoms. The van der Waals surface area contributed by atoms with Gasteiger partial charge in [-0.2, -0.15) is 0 Å². The SMILES string of the molecule is CC(C)(C)c1ncc(C(=O)Nc2ncn(Cc3ccc(Br)cc3)n2)s1. The summed E-state index contributed by atoms with van der Waals surface area (Å²) < 4.78 is 2.72. The zero-order valence-corrected chi connectivity index (χ0v) is 16.6. The van der Waals surface area contributed by atoms with Gasteiger partial charge in [-0.3, -0.25) is 10.1 Å².